The first-order valence-corrected chi connectivity index (χ1v) is 4.48. The molecule has 0 fully saturated rings. The molecule has 0 radical (unpaired) electrons. The highest BCUT2D eigenvalue weighted by Gasteiger charge is 2.32. The summed E-state index contributed by atoms with van der Waals surface area (Å²) in [5.41, 5.74) is 2.66. The maximum atomic E-state index is 4.15. The molecule has 2 aliphatic heterocycles. The summed E-state index contributed by atoms with van der Waals surface area (Å²) in [6, 6.07) is 2.11. The Morgan fingerprint density at radius 1 is 1.46 bits per heavy atom. The van der Waals surface area contributed by atoms with Crippen LogP contribution in [-0.4, -0.2) is 23.1 Å². The molecule has 0 N–H and O–H groups in total. The largest absolute Gasteiger partial charge is 0.358 e. The number of hydrogen-bond acceptors (Lipinski definition) is 3. The molecule has 3 heterocycles. The topological polar surface area (TPSA) is 19.4 Å². The van der Waals surface area contributed by atoms with Crippen molar-refractivity contribution in [3.63, 3.8) is 0 Å². The summed E-state index contributed by atoms with van der Waals surface area (Å²) >= 11 is 0. The molecular weight excluding hydrogens is 162 g/mol. The van der Waals surface area contributed by atoms with Crippen LogP contribution < -0.4 is 4.90 Å². The van der Waals surface area contributed by atoms with Crippen LogP contribution in [0.25, 0.3) is 0 Å². The first-order chi connectivity index (χ1) is 6.36. The molecule has 3 nitrogen and oxygen atoms in total. The van der Waals surface area contributed by atoms with Crippen LogP contribution in [0.1, 0.15) is 5.56 Å². The molecule has 0 spiro atoms. The van der Waals surface area contributed by atoms with Gasteiger partial charge in [0.15, 0.2) is 0 Å². The highest BCUT2D eigenvalue weighted by atomic mass is 15.4. The highest BCUT2D eigenvalue weighted by molar-refractivity contribution is 5.61. The Balaban J connectivity index is 2.09. The Morgan fingerprint density at radius 3 is 3.31 bits per heavy atom. The second-order valence-corrected chi connectivity index (χ2v) is 3.56. The number of nitrogens with zero attached hydrogens (tertiary/aromatic N) is 3. The fourth-order valence-electron chi connectivity index (χ4n) is 2.07. The van der Waals surface area contributed by atoms with E-state index in [1.807, 2.05) is 12.4 Å². The molecule has 1 aromatic heterocycles. The molecule has 1 atom stereocenters. The predicted octanol–water partition coefficient (Wildman–Crippen LogP) is 1.19. The molecule has 0 saturated heterocycles. The molecular formula is C10H11N3. The quantitative estimate of drug-likeness (QED) is 0.587. The van der Waals surface area contributed by atoms with Crippen LogP contribution in [0, 0.1) is 0 Å². The van der Waals surface area contributed by atoms with Gasteiger partial charge in [0.25, 0.3) is 0 Å². The van der Waals surface area contributed by atoms with Crippen LogP contribution in [0.2, 0.25) is 0 Å². The standard InChI is InChI=1S/C10H11N3/c1-12-4-5-13-9-7-11-3-2-8(9)6-10(12)13/h2-5,7,10H,6H2,1H3. The van der Waals surface area contributed by atoms with Gasteiger partial charge in [-0.2, -0.15) is 0 Å². The van der Waals surface area contributed by atoms with Gasteiger partial charge in [-0.15, -0.1) is 0 Å². The van der Waals surface area contributed by atoms with Crippen molar-refractivity contribution >= 4 is 5.69 Å². The van der Waals surface area contributed by atoms with E-state index >= 15 is 0 Å². The molecule has 0 amide bonds. The molecule has 0 bridgehead atoms. The first kappa shape index (κ1) is 6.95. The molecule has 1 aromatic rings. The average molecular weight is 173 g/mol. The van der Waals surface area contributed by atoms with E-state index < -0.39 is 0 Å². The van der Waals surface area contributed by atoms with E-state index in [-0.39, 0.29) is 0 Å². The van der Waals surface area contributed by atoms with Gasteiger partial charge in [0.05, 0.1) is 11.9 Å². The maximum absolute atomic E-state index is 4.15. The lowest BCUT2D eigenvalue weighted by Gasteiger charge is -2.22. The van der Waals surface area contributed by atoms with E-state index in [2.05, 4.69) is 40.3 Å². The fourth-order valence-corrected chi connectivity index (χ4v) is 2.07. The van der Waals surface area contributed by atoms with Gasteiger partial charge in [-0.3, -0.25) is 4.98 Å². The molecule has 66 valence electrons. The normalized spacial score (nSPS) is 23.6. The van der Waals surface area contributed by atoms with Crippen molar-refractivity contribution in [2.45, 2.75) is 12.6 Å². The van der Waals surface area contributed by atoms with Gasteiger partial charge in [0.2, 0.25) is 0 Å². The Labute approximate surface area is 77.3 Å². The molecule has 3 rings (SSSR count). The van der Waals surface area contributed by atoms with Crippen LogP contribution in [0.4, 0.5) is 5.69 Å². The third kappa shape index (κ3) is 0.813. The van der Waals surface area contributed by atoms with Crippen LogP contribution >= 0.6 is 0 Å². The Morgan fingerprint density at radius 2 is 2.38 bits per heavy atom. The predicted molar refractivity (Wildman–Crippen MR) is 51.1 cm³/mol. The number of hydrogen-bond donors (Lipinski definition) is 0. The van der Waals surface area contributed by atoms with Crippen molar-refractivity contribution in [1.29, 1.82) is 0 Å². The molecule has 0 saturated carbocycles. The zero-order chi connectivity index (χ0) is 8.84. The lowest BCUT2D eigenvalue weighted by atomic mass is 10.2. The third-order valence-corrected chi connectivity index (χ3v) is 2.82. The minimum Gasteiger partial charge on any atom is -0.358 e. The van der Waals surface area contributed by atoms with Crippen molar-refractivity contribution < 1.29 is 0 Å². The van der Waals surface area contributed by atoms with Gasteiger partial charge in [-0.1, -0.05) is 0 Å². The summed E-state index contributed by atoms with van der Waals surface area (Å²) < 4.78 is 0. The van der Waals surface area contributed by atoms with Gasteiger partial charge < -0.3 is 9.80 Å². The minimum absolute atomic E-state index is 0.485. The second-order valence-electron chi connectivity index (χ2n) is 3.56. The maximum Gasteiger partial charge on any atom is 0.109 e. The van der Waals surface area contributed by atoms with Gasteiger partial charge in [-0.25, -0.2) is 0 Å². The number of aromatic nitrogens is 1. The number of likely N-dealkylation sites (N-methyl/N-ethyl adjacent to an activating group) is 1. The molecule has 0 aliphatic carbocycles. The van der Waals surface area contributed by atoms with Crippen LogP contribution in [0.15, 0.2) is 30.9 Å². The number of anilines is 1. The average Bonchev–Trinajstić information content (AvgIpc) is 2.67. The van der Waals surface area contributed by atoms with Crippen LogP contribution in [0.3, 0.4) is 0 Å². The monoisotopic (exact) mass is 173 g/mol. The molecule has 3 heteroatoms. The SMILES string of the molecule is CN1C=CN2c3cnccc3CC12. The summed E-state index contributed by atoms with van der Waals surface area (Å²) in [7, 11) is 2.11. The van der Waals surface area contributed by atoms with E-state index in [9.17, 15) is 0 Å². The Bertz CT molecular complexity index is 372. The lowest BCUT2D eigenvalue weighted by molar-refractivity contribution is 0.369. The zero-order valence-corrected chi connectivity index (χ0v) is 7.51. The second kappa shape index (κ2) is 2.25. The van der Waals surface area contributed by atoms with Crippen LogP contribution in [-0.2, 0) is 6.42 Å². The van der Waals surface area contributed by atoms with Crippen molar-refractivity contribution in [3.8, 4) is 0 Å². The number of fused-ring (bicyclic) bond motifs is 3. The summed E-state index contributed by atoms with van der Waals surface area (Å²) in [5.74, 6) is 0. The number of rotatable bonds is 0. The zero-order valence-electron chi connectivity index (χ0n) is 7.51. The van der Waals surface area contributed by atoms with Gasteiger partial charge >= 0.3 is 0 Å². The lowest BCUT2D eigenvalue weighted by Crippen LogP contribution is -2.33. The van der Waals surface area contributed by atoms with Gasteiger partial charge in [0, 0.05) is 32.1 Å². The van der Waals surface area contributed by atoms with Crippen LogP contribution in [0.5, 0.6) is 0 Å². The van der Waals surface area contributed by atoms with Crippen molar-refractivity contribution in [2.75, 3.05) is 11.9 Å². The van der Waals surface area contributed by atoms with E-state index in [1.54, 1.807) is 0 Å². The van der Waals surface area contributed by atoms with Crippen molar-refractivity contribution in [1.82, 2.24) is 9.88 Å². The summed E-state index contributed by atoms with van der Waals surface area (Å²) in [6.45, 7) is 0. The Kier molecular flexibility index (Phi) is 1.20. The summed E-state index contributed by atoms with van der Waals surface area (Å²) in [5, 5.41) is 0. The van der Waals surface area contributed by atoms with Gasteiger partial charge in [-0.05, 0) is 11.6 Å². The number of pyridine rings is 1. The summed E-state index contributed by atoms with van der Waals surface area (Å²) in [6.07, 6.45) is 9.63. The van der Waals surface area contributed by atoms with Crippen molar-refractivity contribution in [2.24, 2.45) is 0 Å². The van der Waals surface area contributed by atoms with Gasteiger partial charge in [0.1, 0.15) is 6.17 Å². The summed E-state index contributed by atoms with van der Waals surface area (Å²) in [4.78, 5) is 8.66. The van der Waals surface area contributed by atoms with Crippen molar-refractivity contribution in [3.05, 3.63) is 36.4 Å². The van der Waals surface area contributed by atoms with E-state index in [0.717, 1.165) is 6.42 Å². The van der Waals surface area contributed by atoms with E-state index in [0.29, 0.717) is 6.17 Å². The van der Waals surface area contributed by atoms with E-state index in [1.165, 1.54) is 11.3 Å². The highest BCUT2D eigenvalue weighted by Crippen LogP contribution is 2.35. The molecule has 13 heavy (non-hydrogen) atoms. The third-order valence-electron chi connectivity index (χ3n) is 2.82. The first-order valence-electron chi connectivity index (χ1n) is 4.48. The minimum atomic E-state index is 0.485. The fraction of sp³-hybridized carbons (Fsp3) is 0.300. The van der Waals surface area contributed by atoms with E-state index in [4.69, 9.17) is 0 Å². The molecule has 2 aliphatic rings. The smallest absolute Gasteiger partial charge is 0.109 e. The molecule has 0 aromatic carbocycles. The Hall–Kier alpha value is -1.51. The molecule has 1 unspecified atom stereocenters.